The van der Waals surface area contributed by atoms with E-state index in [1.165, 1.54) is 10.8 Å². The maximum absolute atomic E-state index is 11.6. The molecule has 0 aliphatic rings. The third kappa shape index (κ3) is 2.99. The summed E-state index contributed by atoms with van der Waals surface area (Å²) in [5.41, 5.74) is 1.22. The minimum absolute atomic E-state index is 0.0479. The van der Waals surface area contributed by atoms with Gasteiger partial charge in [0.05, 0.1) is 14.6 Å². The summed E-state index contributed by atoms with van der Waals surface area (Å²) >= 11 is 0. The maximum atomic E-state index is 11.6. The molecule has 0 N–H and O–H groups in total. The third-order valence-corrected chi connectivity index (χ3v) is 5.14. The van der Waals surface area contributed by atoms with Crippen molar-refractivity contribution >= 4 is 13.3 Å². The van der Waals surface area contributed by atoms with Crippen LogP contribution in [0.5, 0.6) is 0 Å². The van der Waals surface area contributed by atoms with Crippen molar-refractivity contribution < 1.29 is 0 Å². The number of hydrogen-bond acceptors (Lipinski definition) is 1. The van der Waals surface area contributed by atoms with Crippen molar-refractivity contribution in [2.45, 2.75) is 26.2 Å². The van der Waals surface area contributed by atoms with Crippen LogP contribution in [0.2, 0.25) is 19.6 Å². The predicted molar refractivity (Wildman–Crippen MR) is 79.2 cm³/mol. The Morgan fingerprint density at radius 1 is 1.00 bits per heavy atom. The molecule has 94 valence electrons. The maximum Gasteiger partial charge on any atom is 0.250 e. The van der Waals surface area contributed by atoms with Crippen molar-refractivity contribution in [1.82, 2.24) is 4.57 Å². The molecule has 0 saturated heterocycles. The molecule has 0 radical (unpaired) electrons. The fourth-order valence-corrected chi connectivity index (χ4v) is 3.06. The van der Waals surface area contributed by atoms with E-state index < -0.39 is 8.07 Å². The van der Waals surface area contributed by atoms with Gasteiger partial charge in [0.2, 0.25) is 0 Å². The summed E-state index contributed by atoms with van der Waals surface area (Å²) in [5, 5.41) is 1.45. The van der Waals surface area contributed by atoms with Gasteiger partial charge in [-0.2, -0.15) is 0 Å². The minimum Gasteiger partial charge on any atom is -0.311 e. The van der Waals surface area contributed by atoms with E-state index in [0.29, 0.717) is 6.54 Å². The van der Waals surface area contributed by atoms with E-state index in [2.05, 4.69) is 43.9 Å². The van der Waals surface area contributed by atoms with Crippen molar-refractivity contribution in [3.8, 4) is 0 Å². The highest BCUT2D eigenvalue weighted by molar-refractivity contribution is 6.88. The van der Waals surface area contributed by atoms with Crippen LogP contribution in [0, 0.1) is 0 Å². The number of pyridine rings is 1. The summed E-state index contributed by atoms with van der Waals surface area (Å²) in [6.07, 6.45) is 1.83. The van der Waals surface area contributed by atoms with E-state index in [9.17, 15) is 4.79 Å². The van der Waals surface area contributed by atoms with Crippen molar-refractivity contribution in [3.05, 3.63) is 64.6 Å². The normalized spacial score (nSPS) is 11.5. The molecular weight excluding hydrogens is 238 g/mol. The summed E-state index contributed by atoms with van der Waals surface area (Å²) in [6.45, 7) is 7.66. The summed E-state index contributed by atoms with van der Waals surface area (Å²) in [5.74, 6) is 0. The second kappa shape index (κ2) is 4.94. The van der Waals surface area contributed by atoms with Crippen molar-refractivity contribution in [1.29, 1.82) is 0 Å². The zero-order valence-electron chi connectivity index (χ0n) is 11.2. The molecule has 18 heavy (non-hydrogen) atoms. The highest BCUT2D eigenvalue weighted by atomic mass is 28.3. The number of nitrogens with zero attached hydrogens (tertiary/aromatic N) is 1. The Labute approximate surface area is 109 Å². The van der Waals surface area contributed by atoms with Crippen molar-refractivity contribution in [2.24, 2.45) is 0 Å². The van der Waals surface area contributed by atoms with Crippen LogP contribution in [0.1, 0.15) is 5.56 Å². The molecule has 0 saturated carbocycles. The highest BCUT2D eigenvalue weighted by Gasteiger charge is 2.15. The Kier molecular flexibility index (Phi) is 3.52. The summed E-state index contributed by atoms with van der Waals surface area (Å²) in [4.78, 5) is 11.6. The fraction of sp³-hybridized carbons (Fsp3) is 0.267. The van der Waals surface area contributed by atoms with Crippen LogP contribution in [0.3, 0.4) is 0 Å². The van der Waals surface area contributed by atoms with Crippen LogP contribution in [-0.2, 0) is 6.54 Å². The monoisotopic (exact) mass is 257 g/mol. The van der Waals surface area contributed by atoms with Crippen LogP contribution < -0.4 is 10.7 Å². The first kappa shape index (κ1) is 12.8. The number of rotatable bonds is 3. The molecule has 2 rings (SSSR count). The first-order valence-electron chi connectivity index (χ1n) is 6.22. The van der Waals surface area contributed by atoms with Crippen LogP contribution in [0.15, 0.2) is 53.5 Å². The molecule has 2 aromatic rings. The molecule has 0 spiro atoms. The van der Waals surface area contributed by atoms with Crippen LogP contribution in [-0.4, -0.2) is 12.6 Å². The van der Waals surface area contributed by atoms with Gasteiger partial charge in [-0.1, -0.05) is 55.2 Å². The standard InChI is InChI=1S/C15H19NOSi/c1-18(2,3)14-9-7-13(8-10-14)12-16-11-5-4-6-15(16)17/h4-11H,12H2,1-3H3. The summed E-state index contributed by atoms with van der Waals surface area (Å²) in [7, 11) is -1.23. The quantitative estimate of drug-likeness (QED) is 0.774. The number of aromatic nitrogens is 1. The lowest BCUT2D eigenvalue weighted by molar-refractivity contribution is 0.760. The Bertz CT molecular complexity index is 578. The van der Waals surface area contributed by atoms with E-state index in [0.717, 1.165) is 0 Å². The Hall–Kier alpha value is -1.61. The first-order chi connectivity index (χ1) is 8.47. The second-order valence-electron chi connectivity index (χ2n) is 5.61. The molecule has 0 atom stereocenters. The predicted octanol–water partition coefficient (Wildman–Crippen LogP) is 2.44. The van der Waals surface area contributed by atoms with Gasteiger partial charge in [0.15, 0.2) is 0 Å². The molecule has 0 aliphatic carbocycles. The highest BCUT2D eigenvalue weighted by Crippen LogP contribution is 2.05. The molecule has 0 unspecified atom stereocenters. The van der Waals surface area contributed by atoms with E-state index in [1.807, 2.05) is 12.3 Å². The van der Waals surface area contributed by atoms with Crippen molar-refractivity contribution in [2.75, 3.05) is 0 Å². The summed E-state index contributed by atoms with van der Waals surface area (Å²) < 4.78 is 1.73. The lowest BCUT2D eigenvalue weighted by Crippen LogP contribution is -2.37. The molecule has 1 aromatic heterocycles. The molecule has 0 fully saturated rings. The zero-order chi connectivity index (χ0) is 13.2. The van der Waals surface area contributed by atoms with E-state index >= 15 is 0 Å². The molecule has 3 heteroatoms. The van der Waals surface area contributed by atoms with E-state index in [-0.39, 0.29) is 5.56 Å². The van der Waals surface area contributed by atoms with E-state index in [1.54, 1.807) is 16.7 Å². The number of hydrogen-bond donors (Lipinski definition) is 0. The van der Waals surface area contributed by atoms with Gasteiger partial charge < -0.3 is 4.57 Å². The summed E-state index contributed by atoms with van der Waals surface area (Å²) in [6, 6.07) is 13.9. The van der Waals surface area contributed by atoms with Gasteiger partial charge in [-0.15, -0.1) is 0 Å². The van der Waals surface area contributed by atoms with Gasteiger partial charge in [0.25, 0.3) is 5.56 Å². The fourth-order valence-electron chi connectivity index (χ4n) is 1.90. The molecule has 1 aromatic carbocycles. The first-order valence-corrected chi connectivity index (χ1v) is 9.72. The van der Waals surface area contributed by atoms with Gasteiger partial charge >= 0.3 is 0 Å². The van der Waals surface area contributed by atoms with Gasteiger partial charge in [0.1, 0.15) is 0 Å². The average Bonchev–Trinajstić information content (AvgIpc) is 2.32. The number of benzene rings is 1. The third-order valence-electron chi connectivity index (χ3n) is 3.07. The Morgan fingerprint density at radius 3 is 2.22 bits per heavy atom. The largest absolute Gasteiger partial charge is 0.311 e. The molecular formula is C15H19NOSi. The average molecular weight is 257 g/mol. The van der Waals surface area contributed by atoms with Crippen LogP contribution >= 0.6 is 0 Å². The molecule has 1 heterocycles. The zero-order valence-corrected chi connectivity index (χ0v) is 12.2. The molecule has 2 nitrogen and oxygen atoms in total. The molecule has 0 aliphatic heterocycles. The van der Waals surface area contributed by atoms with Gasteiger partial charge in [-0.05, 0) is 11.6 Å². The lowest BCUT2D eigenvalue weighted by Gasteiger charge is -2.16. The van der Waals surface area contributed by atoms with Gasteiger partial charge in [0, 0.05) is 12.3 Å². The van der Waals surface area contributed by atoms with Crippen LogP contribution in [0.4, 0.5) is 0 Å². The Balaban J connectivity index is 2.22. The van der Waals surface area contributed by atoms with Crippen LogP contribution in [0.25, 0.3) is 0 Å². The van der Waals surface area contributed by atoms with Gasteiger partial charge in [-0.25, -0.2) is 0 Å². The lowest BCUT2D eigenvalue weighted by atomic mass is 10.2. The SMILES string of the molecule is C[Si](C)(C)c1ccc(Cn2ccccc2=O)cc1. The van der Waals surface area contributed by atoms with E-state index in [4.69, 9.17) is 0 Å². The second-order valence-corrected chi connectivity index (χ2v) is 10.7. The molecule has 0 bridgehead atoms. The van der Waals surface area contributed by atoms with Gasteiger partial charge in [-0.3, -0.25) is 4.79 Å². The topological polar surface area (TPSA) is 22.0 Å². The molecule has 0 amide bonds. The minimum atomic E-state index is -1.23. The van der Waals surface area contributed by atoms with Crippen molar-refractivity contribution in [3.63, 3.8) is 0 Å². The smallest absolute Gasteiger partial charge is 0.250 e. The Morgan fingerprint density at radius 2 is 1.67 bits per heavy atom.